The summed E-state index contributed by atoms with van der Waals surface area (Å²) in [4.78, 5) is 36.5. The summed E-state index contributed by atoms with van der Waals surface area (Å²) in [6.45, 7) is 2.03. The van der Waals surface area contributed by atoms with Crippen molar-refractivity contribution in [2.45, 2.75) is 19.4 Å². The number of aromatic nitrogens is 3. The maximum atomic E-state index is 12.9. The molecular weight excluding hydrogens is 364 g/mol. The first-order valence-corrected chi connectivity index (χ1v) is 9.36. The van der Waals surface area contributed by atoms with Crippen molar-refractivity contribution in [3.8, 4) is 0 Å². The molecule has 29 heavy (non-hydrogen) atoms. The third-order valence-electron chi connectivity index (χ3n) is 4.74. The zero-order valence-corrected chi connectivity index (χ0v) is 15.9. The summed E-state index contributed by atoms with van der Waals surface area (Å²) in [6.07, 6.45) is 2.26. The molecule has 6 heteroatoms. The number of carbonyl (C=O) groups is 1. The van der Waals surface area contributed by atoms with E-state index < -0.39 is 5.91 Å². The minimum atomic E-state index is -0.449. The minimum absolute atomic E-state index is 0.0152. The average Bonchev–Trinajstić information content (AvgIpc) is 2.75. The van der Waals surface area contributed by atoms with Crippen LogP contribution < -0.4 is 10.9 Å². The van der Waals surface area contributed by atoms with Crippen molar-refractivity contribution in [3.63, 3.8) is 0 Å². The monoisotopic (exact) mass is 384 g/mol. The quantitative estimate of drug-likeness (QED) is 0.552. The number of rotatable bonds is 5. The Labute approximate surface area is 167 Å². The normalized spacial score (nSPS) is 11.9. The summed E-state index contributed by atoms with van der Waals surface area (Å²) in [5, 5.41) is 3.42. The molecule has 0 radical (unpaired) electrons. The molecular formula is C23H20N4O2. The molecule has 0 aliphatic heterocycles. The molecule has 0 aliphatic carbocycles. The fourth-order valence-electron chi connectivity index (χ4n) is 3.19. The van der Waals surface area contributed by atoms with Crippen molar-refractivity contribution in [2.75, 3.05) is 0 Å². The Balaban J connectivity index is 1.64. The van der Waals surface area contributed by atoms with Gasteiger partial charge < -0.3 is 10.3 Å². The maximum Gasteiger partial charge on any atom is 0.287 e. The van der Waals surface area contributed by atoms with Gasteiger partial charge in [0.1, 0.15) is 0 Å². The van der Waals surface area contributed by atoms with Gasteiger partial charge >= 0.3 is 0 Å². The number of nitrogens with one attached hydrogen (secondary N) is 2. The van der Waals surface area contributed by atoms with Crippen molar-refractivity contribution < 1.29 is 4.79 Å². The lowest BCUT2D eigenvalue weighted by atomic mass is 10.0. The molecule has 144 valence electrons. The lowest BCUT2D eigenvalue weighted by Crippen LogP contribution is -2.33. The maximum absolute atomic E-state index is 12.9. The van der Waals surface area contributed by atoms with Crippen LogP contribution in [-0.2, 0) is 6.42 Å². The molecule has 0 saturated carbocycles. The Bertz CT molecular complexity index is 1200. The van der Waals surface area contributed by atoms with Crippen LogP contribution >= 0.6 is 0 Å². The molecule has 0 unspecified atom stereocenters. The van der Waals surface area contributed by atoms with E-state index >= 15 is 0 Å². The average molecular weight is 384 g/mol. The Kier molecular flexibility index (Phi) is 5.16. The van der Waals surface area contributed by atoms with Gasteiger partial charge in [-0.05, 0) is 43.2 Å². The second-order valence-electron chi connectivity index (χ2n) is 6.90. The number of nitrogens with zero attached hydrogens (tertiary/aromatic N) is 2. The molecule has 1 atom stereocenters. The molecule has 1 amide bonds. The highest BCUT2D eigenvalue weighted by Gasteiger charge is 2.19. The summed E-state index contributed by atoms with van der Waals surface area (Å²) < 4.78 is 0. The van der Waals surface area contributed by atoms with Crippen molar-refractivity contribution in [2.24, 2.45) is 0 Å². The first-order chi connectivity index (χ1) is 14.1. The van der Waals surface area contributed by atoms with Crippen LogP contribution in [0.15, 0.2) is 77.7 Å². The van der Waals surface area contributed by atoms with E-state index in [1.807, 2.05) is 49.4 Å². The predicted octanol–water partition coefficient (Wildman–Crippen LogP) is 3.34. The largest absolute Gasteiger partial charge is 0.341 e. The number of pyridine rings is 1. The van der Waals surface area contributed by atoms with Crippen molar-refractivity contribution in [1.82, 2.24) is 20.3 Å². The molecule has 0 bridgehead atoms. The standard InChI is InChI=1S/C23H20N4O2/c1-15-9-11-16(12-10-15)14-20(19-8-4-5-13-24-19)26-23(29)21-25-18-7-3-2-6-17(18)22(28)27-21/h2-13,20H,14H2,1H3,(H,26,29)(H,25,27,28)/t20-/m1/s1. The van der Waals surface area contributed by atoms with Gasteiger partial charge in [0.15, 0.2) is 5.82 Å². The highest BCUT2D eigenvalue weighted by Crippen LogP contribution is 2.18. The summed E-state index contributed by atoms with van der Waals surface area (Å²) in [5.41, 5.74) is 3.13. The number of amides is 1. The van der Waals surface area contributed by atoms with E-state index in [2.05, 4.69) is 20.3 Å². The van der Waals surface area contributed by atoms with Gasteiger partial charge in [0.05, 0.1) is 22.6 Å². The first-order valence-electron chi connectivity index (χ1n) is 9.36. The summed E-state index contributed by atoms with van der Waals surface area (Å²) >= 11 is 0. The van der Waals surface area contributed by atoms with Crippen LogP contribution in [0.5, 0.6) is 0 Å². The van der Waals surface area contributed by atoms with Gasteiger partial charge in [0.25, 0.3) is 11.5 Å². The second kappa shape index (κ2) is 8.06. The van der Waals surface area contributed by atoms with E-state index in [4.69, 9.17) is 0 Å². The van der Waals surface area contributed by atoms with Gasteiger partial charge in [-0.3, -0.25) is 14.6 Å². The van der Waals surface area contributed by atoms with Gasteiger partial charge in [-0.25, -0.2) is 4.98 Å². The van der Waals surface area contributed by atoms with E-state index in [1.54, 1.807) is 30.5 Å². The molecule has 6 nitrogen and oxygen atoms in total. The number of hydrogen-bond acceptors (Lipinski definition) is 4. The fourth-order valence-corrected chi connectivity index (χ4v) is 3.19. The number of aryl methyl sites for hydroxylation is 1. The molecule has 0 spiro atoms. The van der Waals surface area contributed by atoms with Crippen molar-refractivity contribution in [1.29, 1.82) is 0 Å². The predicted molar refractivity (Wildman–Crippen MR) is 112 cm³/mol. The van der Waals surface area contributed by atoms with Crippen LogP contribution in [0, 0.1) is 6.92 Å². The topological polar surface area (TPSA) is 87.7 Å². The van der Waals surface area contributed by atoms with Crippen molar-refractivity contribution >= 4 is 16.8 Å². The molecule has 2 aromatic heterocycles. The Hall–Kier alpha value is -3.80. The van der Waals surface area contributed by atoms with E-state index in [-0.39, 0.29) is 17.4 Å². The van der Waals surface area contributed by atoms with Crippen LogP contribution in [0.25, 0.3) is 10.9 Å². The van der Waals surface area contributed by atoms with Gasteiger partial charge in [0, 0.05) is 6.20 Å². The molecule has 2 aromatic carbocycles. The number of H-pyrrole nitrogens is 1. The van der Waals surface area contributed by atoms with Crippen LogP contribution in [0.4, 0.5) is 0 Å². The molecule has 2 heterocycles. The van der Waals surface area contributed by atoms with Crippen LogP contribution in [0.3, 0.4) is 0 Å². The van der Waals surface area contributed by atoms with Gasteiger partial charge in [0.2, 0.25) is 0 Å². The first kappa shape index (κ1) is 18.6. The molecule has 4 aromatic rings. The third-order valence-corrected chi connectivity index (χ3v) is 4.74. The summed E-state index contributed by atoms with van der Waals surface area (Å²) in [6, 6.07) is 20.3. The van der Waals surface area contributed by atoms with E-state index in [1.165, 1.54) is 5.56 Å². The number of aromatic amines is 1. The lowest BCUT2D eigenvalue weighted by molar-refractivity contribution is 0.0925. The van der Waals surface area contributed by atoms with Crippen molar-refractivity contribution in [3.05, 3.63) is 106 Å². The molecule has 2 N–H and O–H groups in total. The number of benzene rings is 2. The zero-order chi connectivity index (χ0) is 20.2. The van der Waals surface area contributed by atoms with Gasteiger partial charge in [-0.1, -0.05) is 48.0 Å². The molecule has 4 rings (SSSR count). The van der Waals surface area contributed by atoms with E-state index in [0.29, 0.717) is 17.3 Å². The number of hydrogen-bond donors (Lipinski definition) is 2. The number of para-hydroxylation sites is 1. The smallest absolute Gasteiger partial charge is 0.287 e. The SMILES string of the molecule is Cc1ccc(C[C@@H](NC(=O)c2nc3ccccc3c(=O)[nH]2)c2ccccn2)cc1. The molecule has 0 aliphatic rings. The Morgan fingerprint density at radius 3 is 2.55 bits per heavy atom. The third kappa shape index (κ3) is 4.21. The van der Waals surface area contributed by atoms with Crippen LogP contribution in [0.2, 0.25) is 0 Å². The van der Waals surface area contributed by atoms with E-state index in [9.17, 15) is 9.59 Å². The summed E-state index contributed by atoms with van der Waals surface area (Å²) in [7, 11) is 0. The summed E-state index contributed by atoms with van der Waals surface area (Å²) in [5.74, 6) is -0.464. The highest BCUT2D eigenvalue weighted by molar-refractivity contribution is 5.92. The molecule has 0 fully saturated rings. The Morgan fingerprint density at radius 1 is 1.03 bits per heavy atom. The highest BCUT2D eigenvalue weighted by atomic mass is 16.2. The lowest BCUT2D eigenvalue weighted by Gasteiger charge is -2.18. The minimum Gasteiger partial charge on any atom is -0.341 e. The molecule has 0 saturated heterocycles. The number of carbonyl (C=O) groups excluding carboxylic acids is 1. The van der Waals surface area contributed by atoms with E-state index in [0.717, 1.165) is 11.3 Å². The van der Waals surface area contributed by atoms with Gasteiger partial charge in [-0.15, -0.1) is 0 Å². The van der Waals surface area contributed by atoms with Crippen LogP contribution in [-0.4, -0.2) is 20.9 Å². The fraction of sp³-hybridized carbons (Fsp3) is 0.130. The zero-order valence-electron chi connectivity index (χ0n) is 15.9. The second-order valence-corrected chi connectivity index (χ2v) is 6.90. The number of fused-ring (bicyclic) bond motifs is 1. The van der Waals surface area contributed by atoms with Crippen LogP contribution in [0.1, 0.15) is 33.5 Å². The van der Waals surface area contributed by atoms with Gasteiger partial charge in [-0.2, -0.15) is 0 Å². The Morgan fingerprint density at radius 2 is 1.79 bits per heavy atom.